The Morgan fingerprint density at radius 2 is 2.25 bits per heavy atom. The van der Waals surface area contributed by atoms with E-state index < -0.39 is 0 Å². The molecule has 0 N–H and O–H groups in total. The van der Waals surface area contributed by atoms with Gasteiger partial charge in [0.25, 0.3) is 0 Å². The number of hydrogen-bond donors (Lipinski definition) is 0. The molecular weight excluding hydrogens is 152 g/mol. The van der Waals surface area contributed by atoms with Gasteiger partial charge in [-0.2, -0.15) is 0 Å². The summed E-state index contributed by atoms with van der Waals surface area (Å²) in [6.45, 7) is 2.83. The van der Waals surface area contributed by atoms with Crippen molar-refractivity contribution in [2.24, 2.45) is 0 Å². The smallest absolute Gasteiger partial charge is 0.127 e. The Morgan fingerprint density at radius 1 is 1.42 bits per heavy atom. The Hall–Kier alpha value is -1.18. The highest BCUT2D eigenvalue weighted by molar-refractivity contribution is 5.29. The maximum absolute atomic E-state index is 5.37. The Kier molecular flexibility index (Phi) is 3.45. The molecule has 0 aliphatic rings. The van der Waals surface area contributed by atoms with Crippen LogP contribution in [0.15, 0.2) is 18.2 Å². The summed E-state index contributed by atoms with van der Waals surface area (Å²) in [5, 5.41) is 0. The van der Waals surface area contributed by atoms with Gasteiger partial charge in [-0.3, -0.25) is 0 Å². The summed E-state index contributed by atoms with van der Waals surface area (Å²) in [5.74, 6) is 1.58. The molecule has 0 spiro atoms. The van der Waals surface area contributed by atoms with Crippen LogP contribution in [0.2, 0.25) is 0 Å². The summed E-state index contributed by atoms with van der Waals surface area (Å²) in [4.78, 5) is 0. The molecule has 1 aromatic carbocycles. The van der Waals surface area contributed by atoms with Crippen LogP contribution >= 0.6 is 0 Å². The van der Waals surface area contributed by atoms with E-state index >= 15 is 0 Å². The van der Waals surface area contributed by atoms with Crippen molar-refractivity contribution in [2.45, 2.75) is 13.3 Å². The molecule has 0 atom stereocenters. The predicted molar refractivity (Wildman–Crippen MR) is 47.6 cm³/mol. The fraction of sp³-hybridized carbons (Fsp3) is 0.400. The van der Waals surface area contributed by atoms with Gasteiger partial charge in [0.15, 0.2) is 0 Å². The third kappa shape index (κ3) is 2.46. The van der Waals surface area contributed by atoms with Gasteiger partial charge in [0, 0.05) is 6.07 Å². The maximum atomic E-state index is 5.37. The van der Waals surface area contributed by atoms with Crippen molar-refractivity contribution in [1.82, 2.24) is 0 Å². The van der Waals surface area contributed by atoms with Gasteiger partial charge in [-0.1, -0.05) is 6.92 Å². The Balaban J connectivity index is 2.53. The summed E-state index contributed by atoms with van der Waals surface area (Å²) >= 11 is 0. The van der Waals surface area contributed by atoms with Crippen LogP contribution in [-0.2, 0) is 0 Å². The molecule has 0 amide bonds. The summed E-state index contributed by atoms with van der Waals surface area (Å²) in [6.07, 6.45) is 1.02. The molecule has 0 aromatic heterocycles. The first-order valence-electron chi connectivity index (χ1n) is 4.05. The molecule has 1 aromatic rings. The van der Waals surface area contributed by atoms with Gasteiger partial charge in [0.1, 0.15) is 11.5 Å². The number of hydrogen-bond acceptors (Lipinski definition) is 2. The lowest BCUT2D eigenvalue weighted by atomic mass is 10.3. The Bertz CT molecular complexity index is 216. The molecule has 0 heterocycles. The second-order valence-electron chi connectivity index (χ2n) is 2.44. The van der Waals surface area contributed by atoms with E-state index in [-0.39, 0.29) is 0 Å². The van der Waals surface area contributed by atoms with E-state index in [1.54, 1.807) is 13.2 Å². The van der Waals surface area contributed by atoms with Crippen molar-refractivity contribution in [2.75, 3.05) is 13.7 Å². The van der Waals surface area contributed by atoms with Crippen LogP contribution in [0.25, 0.3) is 0 Å². The Morgan fingerprint density at radius 3 is 2.75 bits per heavy atom. The van der Waals surface area contributed by atoms with Crippen molar-refractivity contribution in [3.8, 4) is 11.5 Å². The first-order chi connectivity index (χ1) is 5.86. The van der Waals surface area contributed by atoms with Crippen LogP contribution in [-0.4, -0.2) is 13.7 Å². The monoisotopic (exact) mass is 165 g/mol. The van der Waals surface area contributed by atoms with E-state index in [1.807, 2.05) is 12.1 Å². The minimum atomic E-state index is 0.735. The lowest BCUT2D eigenvalue weighted by molar-refractivity contribution is 0.316. The Labute approximate surface area is 73.1 Å². The zero-order chi connectivity index (χ0) is 8.81. The molecule has 0 saturated heterocycles. The molecule has 0 fully saturated rings. The summed E-state index contributed by atoms with van der Waals surface area (Å²) in [7, 11) is 1.62. The normalized spacial score (nSPS) is 9.50. The van der Waals surface area contributed by atoms with E-state index in [9.17, 15) is 0 Å². The number of rotatable bonds is 4. The zero-order valence-electron chi connectivity index (χ0n) is 7.46. The molecule has 65 valence electrons. The van der Waals surface area contributed by atoms with Gasteiger partial charge in [-0.15, -0.1) is 0 Å². The molecule has 2 nitrogen and oxygen atoms in total. The summed E-state index contributed by atoms with van der Waals surface area (Å²) < 4.78 is 10.3. The highest BCUT2D eigenvalue weighted by Crippen LogP contribution is 2.16. The highest BCUT2D eigenvalue weighted by Gasteiger charge is 1.93. The number of benzene rings is 1. The van der Waals surface area contributed by atoms with Crippen molar-refractivity contribution in [3.05, 3.63) is 24.3 Å². The molecule has 0 bridgehead atoms. The molecule has 0 unspecified atom stereocenters. The van der Waals surface area contributed by atoms with Crippen molar-refractivity contribution >= 4 is 0 Å². The molecule has 1 radical (unpaired) electrons. The molecule has 0 aliphatic heterocycles. The van der Waals surface area contributed by atoms with E-state index in [2.05, 4.69) is 13.0 Å². The van der Waals surface area contributed by atoms with Crippen LogP contribution in [0.5, 0.6) is 11.5 Å². The molecule has 0 aliphatic carbocycles. The van der Waals surface area contributed by atoms with Gasteiger partial charge >= 0.3 is 0 Å². The van der Waals surface area contributed by atoms with Crippen LogP contribution in [0.3, 0.4) is 0 Å². The standard InChI is InChI=1S/C10H13O2/c1-3-8-12-10-6-4-9(11-2)5-7-10/h4,6-7H,3,8H2,1-2H3. The summed E-state index contributed by atoms with van der Waals surface area (Å²) in [6, 6.07) is 8.45. The van der Waals surface area contributed by atoms with E-state index in [0.717, 1.165) is 24.5 Å². The number of methoxy groups -OCH3 is 1. The minimum absolute atomic E-state index is 0.735. The number of ether oxygens (including phenoxy) is 2. The van der Waals surface area contributed by atoms with Gasteiger partial charge < -0.3 is 9.47 Å². The molecular formula is C10H13O2. The lowest BCUT2D eigenvalue weighted by Crippen LogP contribution is -1.94. The predicted octanol–water partition coefficient (Wildman–Crippen LogP) is 2.28. The highest BCUT2D eigenvalue weighted by atomic mass is 16.5. The second-order valence-corrected chi connectivity index (χ2v) is 2.44. The minimum Gasteiger partial charge on any atom is -0.496 e. The van der Waals surface area contributed by atoms with Crippen molar-refractivity contribution in [1.29, 1.82) is 0 Å². The average Bonchev–Trinajstić information content (AvgIpc) is 2.15. The van der Waals surface area contributed by atoms with Crippen molar-refractivity contribution < 1.29 is 9.47 Å². The third-order valence-electron chi connectivity index (χ3n) is 1.45. The lowest BCUT2D eigenvalue weighted by Gasteiger charge is -2.04. The molecule has 2 heteroatoms. The van der Waals surface area contributed by atoms with E-state index in [0.29, 0.717) is 0 Å². The van der Waals surface area contributed by atoms with Crippen LogP contribution in [0, 0.1) is 6.07 Å². The molecule has 1 rings (SSSR count). The third-order valence-corrected chi connectivity index (χ3v) is 1.45. The summed E-state index contributed by atoms with van der Waals surface area (Å²) in [5.41, 5.74) is 0. The van der Waals surface area contributed by atoms with Gasteiger partial charge in [0.2, 0.25) is 0 Å². The van der Waals surface area contributed by atoms with Crippen LogP contribution < -0.4 is 9.47 Å². The largest absolute Gasteiger partial charge is 0.496 e. The fourth-order valence-electron chi connectivity index (χ4n) is 0.833. The van der Waals surface area contributed by atoms with Gasteiger partial charge in [-0.05, 0) is 24.6 Å². The maximum Gasteiger partial charge on any atom is 0.127 e. The SMILES string of the molecule is CCCOc1c[c]c(OC)cc1. The van der Waals surface area contributed by atoms with Crippen LogP contribution in [0.4, 0.5) is 0 Å². The van der Waals surface area contributed by atoms with Crippen molar-refractivity contribution in [3.63, 3.8) is 0 Å². The van der Waals surface area contributed by atoms with Gasteiger partial charge in [0.05, 0.1) is 13.7 Å². The van der Waals surface area contributed by atoms with Crippen LogP contribution in [0.1, 0.15) is 13.3 Å². The first kappa shape index (κ1) is 8.91. The van der Waals surface area contributed by atoms with E-state index in [4.69, 9.17) is 9.47 Å². The molecule has 12 heavy (non-hydrogen) atoms. The first-order valence-corrected chi connectivity index (χ1v) is 4.05. The second kappa shape index (κ2) is 4.65. The average molecular weight is 165 g/mol. The quantitative estimate of drug-likeness (QED) is 0.681. The zero-order valence-corrected chi connectivity index (χ0v) is 7.46. The van der Waals surface area contributed by atoms with Gasteiger partial charge in [-0.25, -0.2) is 0 Å². The fourth-order valence-corrected chi connectivity index (χ4v) is 0.833. The van der Waals surface area contributed by atoms with E-state index in [1.165, 1.54) is 0 Å². The molecule has 0 saturated carbocycles. The topological polar surface area (TPSA) is 18.5 Å².